The number of rotatable bonds is 3. The molecule has 0 amide bonds. The van der Waals surface area contributed by atoms with Crippen molar-refractivity contribution >= 4 is 28.4 Å². The number of nitrogens with one attached hydrogen (secondary N) is 1. The Balaban J connectivity index is 1.48. The maximum Gasteiger partial charge on any atom is 0.177 e. The van der Waals surface area contributed by atoms with Crippen LogP contribution in [0.1, 0.15) is 43.6 Å². The van der Waals surface area contributed by atoms with Gasteiger partial charge in [-0.3, -0.25) is 0 Å². The third-order valence-corrected chi connectivity index (χ3v) is 6.45. The summed E-state index contributed by atoms with van der Waals surface area (Å²) >= 11 is 6.45. The van der Waals surface area contributed by atoms with Crippen molar-refractivity contribution in [2.75, 3.05) is 25.0 Å². The zero-order valence-corrected chi connectivity index (χ0v) is 14.0. The lowest BCUT2D eigenvalue weighted by Crippen LogP contribution is -2.53. The zero-order chi connectivity index (χ0) is 15.4. The van der Waals surface area contributed by atoms with E-state index in [1.807, 2.05) is 6.07 Å². The van der Waals surface area contributed by atoms with E-state index in [0.717, 1.165) is 34.3 Å². The van der Waals surface area contributed by atoms with Crippen LogP contribution in [-0.2, 0) is 0 Å². The average molecular weight is 332 g/mol. The van der Waals surface area contributed by atoms with Crippen LogP contribution >= 0.6 is 11.6 Å². The summed E-state index contributed by atoms with van der Waals surface area (Å²) in [5.74, 6) is 2.21. The lowest BCUT2D eigenvalue weighted by molar-refractivity contribution is 0.0973. The van der Waals surface area contributed by atoms with Gasteiger partial charge in [0.05, 0.1) is 5.39 Å². The number of nitrogens with zero attached hydrogens (tertiary/aromatic N) is 2. The molecule has 6 rings (SSSR count). The second-order valence-corrected chi connectivity index (χ2v) is 7.79. The van der Waals surface area contributed by atoms with E-state index < -0.39 is 0 Å². The molecule has 0 radical (unpaired) electrons. The molecule has 3 saturated heterocycles. The molecule has 1 atom stereocenters. The fourth-order valence-electron chi connectivity index (χ4n) is 4.49. The van der Waals surface area contributed by atoms with Crippen LogP contribution in [0.15, 0.2) is 16.7 Å². The van der Waals surface area contributed by atoms with Crippen molar-refractivity contribution in [2.24, 2.45) is 5.92 Å². The molecule has 122 valence electrons. The number of hydrogen-bond donors (Lipinski definition) is 1. The smallest absolute Gasteiger partial charge is 0.177 e. The highest BCUT2D eigenvalue weighted by Crippen LogP contribution is 2.44. The number of fused-ring (bicyclic) bond motifs is 4. The SMILES string of the molecule is Clc1ccc2c(N[C@H]3CN4CCC3CC4)noc2c1C1CCC1. The first kappa shape index (κ1) is 14.1. The number of anilines is 1. The van der Waals surface area contributed by atoms with E-state index in [2.05, 4.69) is 21.4 Å². The lowest BCUT2D eigenvalue weighted by Gasteiger charge is -2.44. The monoisotopic (exact) mass is 331 g/mol. The zero-order valence-electron chi connectivity index (χ0n) is 13.2. The summed E-state index contributed by atoms with van der Waals surface area (Å²) in [5, 5.41) is 9.94. The van der Waals surface area contributed by atoms with Crippen LogP contribution in [0.4, 0.5) is 5.82 Å². The van der Waals surface area contributed by atoms with Crippen molar-refractivity contribution in [3.63, 3.8) is 0 Å². The van der Waals surface area contributed by atoms with Gasteiger partial charge in [0.2, 0.25) is 0 Å². The minimum atomic E-state index is 0.494. The highest BCUT2D eigenvalue weighted by atomic mass is 35.5. The van der Waals surface area contributed by atoms with Gasteiger partial charge in [0.1, 0.15) is 0 Å². The summed E-state index contributed by atoms with van der Waals surface area (Å²) in [4.78, 5) is 2.55. The van der Waals surface area contributed by atoms with Gasteiger partial charge in [0, 0.05) is 23.2 Å². The molecule has 2 aromatic rings. The Bertz CT molecular complexity index is 731. The molecule has 4 fully saturated rings. The van der Waals surface area contributed by atoms with Crippen LogP contribution < -0.4 is 5.32 Å². The van der Waals surface area contributed by atoms with Gasteiger partial charge < -0.3 is 14.7 Å². The Morgan fingerprint density at radius 2 is 2.00 bits per heavy atom. The van der Waals surface area contributed by atoms with Crippen LogP contribution in [0, 0.1) is 5.92 Å². The maximum atomic E-state index is 6.45. The van der Waals surface area contributed by atoms with Gasteiger partial charge in [-0.25, -0.2) is 0 Å². The minimum Gasteiger partial charge on any atom is -0.362 e. The minimum absolute atomic E-state index is 0.494. The van der Waals surface area contributed by atoms with Crippen molar-refractivity contribution < 1.29 is 4.52 Å². The molecule has 0 spiro atoms. The summed E-state index contributed by atoms with van der Waals surface area (Å²) in [6.45, 7) is 3.63. The third-order valence-electron chi connectivity index (χ3n) is 6.12. The Morgan fingerprint density at radius 1 is 1.17 bits per heavy atom. The Morgan fingerprint density at radius 3 is 2.65 bits per heavy atom. The average Bonchev–Trinajstić information content (AvgIpc) is 2.92. The fraction of sp³-hybridized carbons (Fsp3) is 0.611. The van der Waals surface area contributed by atoms with Crippen LogP contribution in [0.3, 0.4) is 0 Å². The topological polar surface area (TPSA) is 41.3 Å². The van der Waals surface area contributed by atoms with Crippen molar-refractivity contribution in [2.45, 2.75) is 44.1 Å². The van der Waals surface area contributed by atoms with Gasteiger partial charge in [-0.15, -0.1) is 0 Å². The summed E-state index contributed by atoms with van der Waals surface area (Å²) in [6.07, 6.45) is 6.30. The Kier molecular flexibility index (Phi) is 3.30. The van der Waals surface area contributed by atoms with Crippen LogP contribution in [0.5, 0.6) is 0 Å². The maximum absolute atomic E-state index is 6.45. The van der Waals surface area contributed by atoms with Crippen LogP contribution in [-0.4, -0.2) is 35.7 Å². The molecule has 4 heterocycles. The van der Waals surface area contributed by atoms with Crippen LogP contribution in [0.2, 0.25) is 5.02 Å². The van der Waals surface area contributed by atoms with E-state index in [4.69, 9.17) is 16.1 Å². The first-order valence-electron chi connectivity index (χ1n) is 8.86. The molecule has 3 aliphatic heterocycles. The molecule has 1 aromatic heterocycles. The van der Waals surface area contributed by atoms with E-state index in [1.165, 1.54) is 50.8 Å². The molecule has 1 N–H and O–H groups in total. The molecule has 0 unspecified atom stereocenters. The number of hydrogen-bond acceptors (Lipinski definition) is 4. The second-order valence-electron chi connectivity index (χ2n) is 7.39. The van der Waals surface area contributed by atoms with Crippen LogP contribution in [0.25, 0.3) is 11.0 Å². The third kappa shape index (κ3) is 2.26. The quantitative estimate of drug-likeness (QED) is 0.912. The van der Waals surface area contributed by atoms with Gasteiger partial charge in [-0.05, 0) is 62.7 Å². The molecule has 5 heteroatoms. The number of aromatic nitrogens is 1. The van der Waals surface area contributed by atoms with Gasteiger partial charge in [-0.1, -0.05) is 23.2 Å². The fourth-order valence-corrected chi connectivity index (χ4v) is 4.79. The Labute approximate surface area is 141 Å². The molecular weight excluding hydrogens is 310 g/mol. The molecule has 1 saturated carbocycles. The number of halogens is 1. The molecule has 4 aliphatic rings. The number of piperidine rings is 3. The van der Waals surface area contributed by atoms with E-state index in [1.54, 1.807) is 0 Å². The van der Waals surface area contributed by atoms with Gasteiger partial charge >= 0.3 is 0 Å². The van der Waals surface area contributed by atoms with Crippen molar-refractivity contribution in [1.29, 1.82) is 0 Å². The summed E-state index contributed by atoms with van der Waals surface area (Å²) in [5.41, 5.74) is 2.07. The first-order valence-corrected chi connectivity index (χ1v) is 9.24. The molecule has 23 heavy (non-hydrogen) atoms. The molecule has 4 nitrogen and oxygen atoms in total. The second kappa shape index (κ2) is 5.38. The summed E-state index contributed by atoms with van der Waals surface area (Å²) in [7, 11) is 0. The molecule has 1 aliphatic carbocycles. The first-order chi connectivity index (χ1) is 11.3. The predicted molar refractivity (Wildman–Crippen MR) is 92.2 cm³/mol. The van der Waals surface area contributed by atoms with E-state index >= 15 is 0 Å². The highest BCUT2D eigenvalue weighted by molar-refractivity contribution is 6.32. The van der Waals surface area contributed by atoms with E-state index in [9.17, 15) is 0 Å². The number of benzene rings is 1. The normalized spacial score (nSPS) is 30.6. The Hall–Kier alpha value is -1.26. The molecule has 2 bridgehead atoms. The van der Waals surface area contributed by atoms with Crippen molar-refractivity contribution in [3.05, 3.63) is 22.7 Å². The standard InChI is InChI=1S/C18H22ClN3O/c19-14-5-4-13-17(16(14)12-2-1-3-12)23-21-18(13)20-15-10-22-8-6-11(15)7-9-22/h4-5,11-12,15H,1-3,6-10H2,(H,20,21)/t15-/m0/s1. The van der Waals surface area contributed by atoms with Gasteiger partial charge in [0.25, 0.3) is 0 Å². The summed E-state index contributed by atoms with van der Waals surface area (Å²) < 4.78 is 5.73. The van der Waals surface area contributed by atoms with E-state index in [0.29, 0.717) is 12.0 Å². The molecule has 1 aromatic carbocycles. The van der Waals surface area contributed by atoms with Gasteiger partial charge in [-0.2, -0.15) is 0 Å². The molecular formula is C18H22ClN3O. The predicted octanol–water partition coefficient (Wildman–Crippen LogP) is 4.25. The van der Waals surface area contributed by atoms with Crippen molar-refractivity contribution in [1.82, 2.24) is 10.1 Å². The van der Waals surface area contributed by atoms with Gasteiger partial charge in [0.15, 0.2) is 11.4 Å². The van der Waals surface area contributed by atoms with E-state index in [-0.39, 0.29) is 0 Å². The van der Waals surface area contributed by atoms with Crippen molar-refractivity contribution in [3.8, 4) is 0 Å². The highest BCUT2D eigenvalue weighted by Gasteiger charge is 2.35. The summed E-state index contributed by atoms with van der Waals surface area (Å²) in [6, 6.07) is 4.56. The lowest BCUT2D eigenvalue weighted by atomic mass is 9.79. The largest absolute Gasteiger partial charge is 0.362 e.